The molecule has 0 bridgehead atoms. The predicted molar refractivity (Wildman–Crippen MR) is 82.5 cm³/mol. The maximum absolute atomic E-state index is 12.5. The second-order valence-corrected chi connectivity index (χ2v) is 7.44. The van der Waals surface area contributed by atoms with E-state index in [1.54, 1.807) is 10.9 Å². The van der Waals surface area contributed by atoms with Gasteiger partial charge in [0, 0.05) is 18.8 Å². The third-order valence-corrected chi connectivity index (χ3v) is 5.70. The van der Waals surface area contributed by atoms with E-state index in [-0.39, 0.29) is 10.9 Å². The van der Waals surface area contributed by atoms with Crippen molar-refractivity contribution in [1.82, 2.24) is 19.8 Å². The number of rotatable bonds is 7. The van der Waals surface area contributed by atoms with Crippen molar-refractivity contribution in [2.24, 2.45) is 5.92 Å². The molecule has 2 atom stereocenters. The Bertz CT molecular complexity index is 541. The van der Waals surface area contributed by atoms with Gasteiger partial charge in [0.15, 0.2) is 0 Å². The summed E-state index contributed by atoms with van der Waals surface area (Å²) in [5.74, 6) is 0.452. The summed E-state index contributed by atoms with van der Waals surface area (Å²) in [7, 11) is -1.60. The van der Waals surface area contributed by atoms with Gasteiger partial charge >= 0.3 is 0 Å². The number of hydrogen-bond donors (Lipinski definition) is 2. The Hall–Kier alpha value is -0.920. The van der Waals surface area contributed by atoms with Crippen LogP contribution >= 0.6 is 0 Å². The van der Waals surface area contributed by atoms with E-state index in [1.807, 2.05) is 7.05 Å². The maximum atomic E-state index is 12.5. The standard InChI is InChI=1S/C14H26N4O2S/c1-3-12-6-4-5-7-14(12)17-21(19,20)13-10-16-18(11-13)9-8-15-2/h10-12,14-15,17H,3-9H2,1-2H3. The minimum atomic E-state index is -3.46. The van der Waals surface area contributed by atoms with Gasteiger partial charge < -0.3 is 5.32 Å². The molecule has 6 nitrogen and oxygen atoms in total. The molecule has 1 heterocycles. The monoisotopic (exact) mass is 314 g/mol. The molecule has 21 heavy (non-hydrogen) atoms. The van der Waals surface area contributed by atoms with E-state index in [4.69, 9.17) is 0 Å². The van der Waals surface area contributed by atoms with Crippen LogP contribution in [0.1, 0.15) is 39.0 Å². The van der Waals surface area contributed by atoms with Gasteiger partial charge in [0.1, 0.15) is 4.90 Å². The van der Waals surface area contributed by atoms with Gasteiger partial charge in [-0.15, -0.1) is 0 Å². The average Bonchev–Trinajstić information content (AvgIpc) is 2.95. The van der Waals surface area contributed by atoms with Crippen molar-refractivity contribution < 1.29 is 8.42 Å². The van der Waals surface area contributed by atoms with Crippen molar-refractivity contribution in [3.8, 4) is 0 Å². The van der Waals surface area contributed by atoms with E-state index in [9.17, 15) is 8.42 Å². The number of sulfonamides is 1. The normalized spacial score (nSPS) is 23.3. The van der Waals surface area contributed by atoms with Crippen LogP contribution in [0.15, 0.2) is 17.3 Å². The number of nitrogens with zero attached hydrogens (tertiary/aromatic N) is 2. The van der Waals surface area contributed by atoms with E-state index < -0.39 is 10.0 Å². The fourth-order valence-electron chi connectivity index (χ4n) is 2.95. The van der Waals surface area contributed by atoms with Crippen molar-refractivity contribution in [2.75, 3.05) is 13.6 Å². The van der Waals surface area contributed by atoms with Crippen LogP contribution in [0.5, 0.6) is 0 Å². The van der Waals surface area contributed by atoms with Crippen molar-refractivity contribution in [1.29, 1.82) is 0 Å². The van der Waals surface area contributed by atoms with Crippen molar-refractivity contribution in [2.45, 2.75) is 56.5 Å². The summed E-state index contributed by atoms with van der Waals surface area (Å²) >= 11 is 0. The van der Waals surface area contributed by atoms with Crippen LogP contribution in [0.25, 0.3) is 0 Å². The van der Waals surface area contributed by atoms with Gasteiger partial charge in [-0.2, -0.15) is 5.10 Å². The molecule has 7 heteroatoms. The van der Waals surface area contributed by atoms with E-state index in [1.165, 1.54) is 12.6 Å². The molecule has 1 saturated carbocycles. The Balaban J connectivity index is 2.05. The Kier molecular flexibility index (Phi) is 5.78. The van der Waals surface area contributed by atoms with Crippen molar-refractivity contribution in [3.05, 3.63) is 12.4 Å². The smallest absolute Gasteiger partial charge is 0.243 e. The maximum Gasteiger partial charge on any atom is 0.243 e. The lowest BCUT2D eigenvalue weighted by Crippen LogP contribution is -2.41. The largest absolute Gasteiger partial charge is 0.318 e. The molecule has 1 aliphatic rings. The van der Waals surface area contributed by atoms with Crippen molar-refractivity contribution in [3.63, 3.8) is 0 Å². The molecule has 1 aromatic heterocycles. The summed E-state index contributed by atoms with van der Waals surface area (Å²) in [5.41, 5.74) is 0. The van der Waals surface area contributed by atoms with Crippen molar-refractivity contribution >= 4 is 10.0 Å². The molecule has 2 rings (SSSR count). The highest BCUT2D eigenvalue weighted by Crippen LogP contribution is 2.28. The Morgan fingerprint density at radius 3 is 2.86 bits per heavy atom. The summed E-state index contributed by atoms with van der Waals surface area (Å²) in [5, 5.41) is 7.13. The van der Waals surface area contributed by atoms with Gasteiger partial charge in [0.25, 0.3) is 0 Å². The fourth-order valence-corrected chi connectivity index (χ4v) is 4.24. The molecule has 2 N–H and O–H groups in total. The second-order valence-electron chi connectivity index (χ2n) is 5.72. The molecule has 0 aromatic carbocycles. The van der Waals surface area contributed by atoms with Gasteiger partial charge in [-0.25, -0.2) is 13.1 Å². The minimum Gasteiger partial charge on any atom is -0.318 e. The number of nitrogens with one attached hydrogen (secondary N) is 2. The lowest BCUT2D eigenvalue weighted by atomic mass is 9.83. The first-order valence-electron chi connectivity index (χ1n) is 7.76. The van der Waals surface area contributed by atoms with Crippen LogP contribution < -0.4 is 10.0 Å². The molecule has 2 unspecified atom stereocenters. The van der Waals surface area contributed by atoms with Gasteiger partial charge in [-0.1, -0.05) is 26.2 Å². The van der Waals surface area contributed by atoms with Crippen LogP contribution in [0, 0.1) is 5.92 Å². The predicted octanol–water partition coefficient (Wildman–Crippen LogP) is 1.35. The first-order chi connectivity index (χ1) is 10.1. The summed E-state index contributed by atoms with van der Waals surface area (Å²) in [6, 6.07) is 0.0643. The molecule has 0 aliphatic heterocycles. The lowest BCUT2D eigenvalue weighted by Gasteiger charge is -2.31. The van der Waals surface area contributed by atoms with Gasteiger partial charge in [0.2, 0.25) is 10.0 Å². The number of hydrogen-bond acceptors (Lipinski definition) is 4. The molecule has 1 aliphatic carbocycles. The molecular formula is C14H26N4O2S. The summed E-state index contributed by atoms with van der Waals surface area (Å²) in [4.78, 5) is 0.263. The topological polar surface area (TPSA) is 76.0 Å². The van der Waals surface area contributed by atoms with E-state index in [0.717, 1.165) is 32.2 Å². The van der Waals surface area contributed by atoms with E-state index in [0.29, 0.717) is 12.5 Å². The summed E-state index contributed by atoms with van der Waals surface area (Å²) in [6.07, 6.45) is 8.42. The third kappa shape index (κ3) is 4.28. The Morgan fingerprint density at radius 2 is 2.14 bits per heavy atom. The van der Waals surface area contributed by atoms with Gasteiger partial charge in [0.05, 0.1) is 12.7 Å². The molecule has 0 radical (unpaired) electrons. The molecule has 0 saturated heterocycles. The SMILES string of the molecule is CCC1CCCCC1NS(=O)(=O)c1cnn(CCNC)c1. The van der Waals surface area contributed by atoms with E-state index >= 15 is 0 Å². The average molecular weight is 314 g/mol. The quantitative estimate of drug-likeness (QED) is 0.796. The third-order valence-electron chi connectivity index (χ3n) is 4.25. The zero-order valence-corrected chi connectivity index (χ0v) is 13.7. The van der Waals surface area contributed by atoms with Gasteiger partial charge in [-0.05, 0) is 25.8 Å². The van der Waals surface area contributed by atoms with Crippen LogP contribution in [0.3, 0.4) is 0 Å². The minimum absolute atomic E-state index is 0.0643. The molecule has 120 valence electrons. The summed E-state index contributed by atoms with van der Waals surface area (Å²) in [6.45, 7) is 3.55. The number of likely N-dealkylation sites (N-methyl/N-ethyl adjacent to an activating group) is 1. The van der Waals surface area contributed by atoms with Crippen LogP contribution in [-0.2, 0) is 16.6 Å². The number of aromatic nitrogens is 2. The zero-order valence-electron chi connectivity index (χ0n) is 12.9. The Morgan fingerprint density at radius 1 is 1.38 bits per heavy atom. The first kappa shape index (κ1) is 16.5. The van der Waals surface area contributed by atoms with Crippen LogP contribution in [0.4, 0.5) is 0 Å². The zero-order chi connectivity index (χ0) is 15.3. The molecule has 0 spiro atoms. The highest BCUT2D eigenvalue weighted by Gasteiger charge is 2.28. The molecule has 1 aromatic rings. The van der Waals surface area contributed by atoms with Gasteiger partial charge in [-0.3, -0.25) is 4.68 Å². The first-order valence-corrected chi connectivity index (χ1v) is 9.24. The molecular weight excluding hydrogens is 288 g/mol. The fraction of sp³-hybridized carbons (Fsp3) is 0.786. The lowest BCUT2D eigenvalue weighted by molar-refractivity contribution is 0.282. The molecule has 1 fully saturated rings. The highest BCUT2D eigenvalue weighted by molar-refractivity contribution is 7.89. The van der Waals surface area contributed by atoms with E-state index in [2.05, 4.69) is 22.1 Å². The second kappa shape index (κ2) is 7.38. The van der Waals surface area contributed by atoms with Crippen LogP contribution in [0.2, 0.25) is 0 Å². The summed E-state index contributed by atoms with van der Waals surface area (Å²) < 4.78 is 29.5. The van der Waals surface area contributed by atoms with Crippen LogP contribution in [-0.4, -0.2) is 37.8 Å². The highest BCUT2D eigenvalue weighted by atomic mass is 32.2. The molecule has 0 amide bonds. The Labute approximate surface area is 127 Å².